The highest BCUT2D eigenvalue weighted by Gasteiger charge is 2.33. The zero-order valence-electron chi connectivity index (χ0n) is 20.1. The van der Waals surface area contributed by atoms with Crippen LogP contribution in [0.4, 0.5) is 0 Å². The van der Waals surface area contributed by atoms with Crippen molar-refractivity contribution in [3.8, 4) is 0 Å². The van der Waals surface area contributed by atoms with Crippen molar-refractivity contribution >= 4 is 35.6 Å². The number of aliphatic imine (C=N–C) groups is 1. The van der Waals surface area contributed by atoms with E-state index in [1.807, 2.05) is 5.32 Å². The molecule has 200 valence electrons. The van der Waals surface area contributed by atoms with Gasteiger partial charge in [0.05, 0.1) is 18.6 Å². The molecule has 3 amide bonds. The van der Waals surface area contributed by atoms with Crippen LogP contribution >= 0.6 is 0 Å². The third-order valence-electron chi connectivity index (χ3n) is 4.70. The number of guanidine groups is 1. The zero-order valence-corrected chi connectivity index (χ0v) is 20.1. The van der Waals surface area contributed by atoms with E-state index in [-0.39, 0.29) is 31.3 Å². The fourth-order valence-electron chi connectivity index (χ4n) is 2.93. The molecule has 0 aliphatic heterocycles. The molecule has 0 saturated heterocycles. The summed E-state index contributed by atoms with van der Waals surface area (Å²) < 4.78 is 0. The molecule has 15 heteroatoms. The lowest BCUT2D eigenvalue weighted by molar-refractivity contribution is -0.146. The molecule has 0 spiro atoms. The van der Waals surface area contributed by atoms with Crippen molar-refractivity contribution in [3.63, 3.8) is 0 Å². The molecule has 0 rings (SSSR count). The number of carboxylic acid groups (broad SMARTS) is 2. The van der Waals surface area contributed by atoms with Crippen LogP contribution < -0.4 is 33.2 Å². The Balaban J connectivity index is 5.41. The third kappa shape index (κ3) is 13.1. The molecule has 5 atom stereocenters. The van der Waals surface area contributed by atoms with Crippen LogP contribution in [0.3, 0.4) is 0 Å². The summed E-state index contributed by atoms with van der Waals surface area (Å²) in [5, 5.41) is 34.5. The summed E-state index contributed by atoms with van der Waals surface area (Å²) in [5.41, 5.74) is 16.3. The van der Waals surface area contributed by atoms with E-state index in [2.05, 4.69) is 15.6 Å². The Hall–Kier alpha value is -3.46. The second kappa shape index (κ2) is 15.4. The van der Waals surface area contributed by atoms with Crippen LogP contribution in [-0.4, -0.2) is 87.8 Å². The predicted molar refractivity (Wildman–Crippen MR) is 125 cm³/mol. The molecule has 0 aliphatic carbocycles. The van der Waals surface area contributed by atoms with Gasteiger partial charge in [-0.25, -0.2) is 4.79 Å². The number of nitrogens with one attached hydrogen (secondary N) is 3. The van der Waals surface area contributed by atoms with Crippen LogP contribution in [-0.2, 0) is 24.0 Å². The zero-order chi connectivity index (χ0) is 27.3. The number of hydrogen-bond acceptors (Lipinski definition) is 8. The Kier molecular flexibility index (Phi) is 13.9. The van der Waals surface area contributed by atoms with Crippen LogP contribution in [0.25, 0.3) is 0 Å². The Bertz CT molecular complexity index is 783. The average molecular weight is 504 g/mol. The van der Waals surface area contributed by atoms with Crippen LogP contribution in [0.15, 0.2) is 4.99 Å². The molecule has 0 saturated carbocycles. The van der Waals surface area contributed by atoms with Gasteiger partial charge in [-0.1, -0.05) is 13.8 Å². The maximum absolute atomic E-state index is 12.9. The number of carbonyl (C=O) groups is 5. The fraction of sp³-hybridized carbons (Fsp3) is 0.700. The van der Waals surface area contributed by atoms with Gasteiger partial charge in [0.15, 0.2) is 12.0 Å². The Morgan fingerprint density at radius 3 is 1.89 bits per heavy atom. The summed E-state index contributed by atoms with van der Waals surface area (Å²) in [6.45, 7) is 4.94. The number of aliphatic carboxylic acids is 2. The molecule has 0 heterocycles. The molecule has 0 fully saturated rings. The maximum Gasteiger partial charge on any atom is 0.328 e. The van der Waals surface area contributed by atoms with Crippen molar-refractivity contribution in [2.45, 2.75) is 76.7 Å². The van der Waals surface area contributed by atoms with Crippen LogP contribution in [0, 0.1) is 5.92 Å². The Labute approximate surface area is 202 Å². The largest absolute Gasteiger partial charge is 0.481 e. The Morgan fingerprint density at radius 2 is 1.43 bits per heavy atom. The second-order valence-electron chi connectivity index (χ2n) is 8.47. The topological polar surface area (TPSA) is 273 Å². The summed E-state index contributed by atoms with van der Waals surface area (Å²) in [7, 11) is 0. The molecule has 0 aromatic rings. The van der Waals surface area contributed by atoms with E-state index >= 15 is 0 Å². The SMILES string of the molecule is CC(C)CC(NC(=O)C(N)CCCN=C(N)N)C(=O)NC(CC(=O)O)C(=O)NC(C(=O)O)C(C)O. The van der Waals surface area contributed by atoms with Gasteiger partial charge < -0.3 is 48.5 Å². The lowest BCUT2D eigenvalue weighted by Crippen LogP contribution is -2.58. The normalized spacial score (nSPS) is 15.1. The van der Waals surface area contributed by atoms with E-state index in [1.54, 1.807) is 13.8 Å². The molecule has 0 aliphatic rings. The number of carboxylic acids is 2. The van der Waals surface area contributed by atoms with Gasteiger partial charge in [0.2, 0.25) is 17.7 Å². The van der Waals surface area contributed by atoms with Gasteiger partial charge in [0.1, 0.15) is 12.1 Å². The smallest absolute Gasteiger partial charge is 0.328 e. The first kappa shape index (κ1) is 31.5. The van der Waals surface area contributed by atoms with Gasteiger partial charge in [-0.05, 0) is 32.1 Å². The number of rotatable bonds is 16. The number of hydrogen-bond donors (Lipinski definition) is 9. The summed E-state index contributed by atoms with van der Waals surface area (Å²) in [6.07, 6.45) is -1.58. The highest BCUT2D eigenvalue weighted by molar-refractivity contribution is 5.95. The molecular weight excluding hydrogens is 466 g/mol. The van der Waals surface area contributed by atoms with E-state index in [1.165, 1.54) is 0 Å². The minimum absolute atomic E-state index is 0.0810. The molecule has 15 nitrogen and oxygen atoms in total. The molecule has 35 heavy (non-hydrogen) atoms. The van der Waals surface area contributed by atoms with Crippen molar-refractivity contribution in [2.24, 2.45) is 28.1 Å². The first-order valence-electron chi connectivity index (χ1n) is 11.0. The number of nitrogens with two attached hydrogens (primary N) is 3. The first-order chi connectivity index (χ1) is 16.1. The summed E-state index contributed by atoms with van der Waals surface area (Å²) in [5.74, 6) is -5.80. The molecule has 12 N–H and O–H groups in total. The standard InChI is InChI=1S/C20H37N7O8/c1-9(2)7-12(25-16(31)11(21)5-4-6-24-20(22)23)17(32)26-13(8-14(29)30)18(33)27-15(10(3)28)19(34)35/h9-13,15,28H,4-8,21H2,1-3H3,(H,25,31)(H,26,32)(H,27,33)(H,29,30)(H,34,35)(H4,22,23,24). The summed E-state index contributed by atoms with van der Waals surface area (Å²) in [4.78, 5) is 64.1. The van der Waals surface area contributed by atoms with E-state index in [0.29, 0.717) is 6.42 Å². The van der Waals surface area contributed by atoms with Crippen LogP contribution in [0.1, 0.15) is 46.5 Å². The average Bonchev–Trinajstić information content (AvgIpc) is 2.72. The highest BCUT2D eigenvalue weighted by atomic mass is 16.4. The summed E-state index contributed by atoms with van der Waals surface area (Å²) >= 11 is 0. The predicted octanol–water partition coefficient (Wildman–Crippen LogP) is -3.19. The van der Waals surface area contributed by atoms with Gasteiger partial charge in [-0.15, -0.1) is 0 Å². The molecule has 0 aromatic carbocycles. The number of carbonyl (C=O) groups excluding carboxylic acids is 3. The van der Waals surface area contributed by atoms with Crippen molar-refractivity contribution in [1.82, 2.24) is 16.0 Å². The molecule has 5 unspecified atom stereocenters. The van der Waals surface area contributed by atoms with Gasteiger partial charge in [0.25, 0.3) is 0 Å². The monoisotopic (exact) mass is 503 g/mol. The van der Waals surface area contributed by atoms with Gasteiger partial charge in [-0.3, -0.25) is 24.2 Å². The lowest BCUT2D eigenvalue weighted by atomic mass is 10.0. The second-order valence-corrected chi connectivity index (χ2v) is 8.47. The molecular formula is C20H37N7O8. The van der Waals surface area contributed by atoms with Crippen molar-refractivity contribution < 1.29 is 39.3 Å². The molecule has 0 aromatic heterocycles. The number of nitrogens with zero attached hydrogens (tertiary/aromatic N) is 1. The lowest BCUT2D eigenvalue weighted by Gasteiger charge is -2.26. The van der Waals surface area contributed by atoms with Gasteiger partial charge in [-0.2, -0.15) is 0 Å². The van der Waals surface area contributed by atoms with Crippen LogP contribution in [0.2, 0.25) is 0 Å². The number of amides is 3. The fourth-order valence-corrected chi connectivity index (χ4v) is 2.93. The molecule has 0 radical (unpaired) electrons. The minimum Gasteiger partial charge on any atom is -0.481 e. The van der Waals surface area contributed by atoms with E-state index < -0.39 is 66.4 Å². The van der Waals surface area contributed by atoms with E-state index in [0.717, 1.165) is 6.92 Å². The number of aliphatic hydroxyl groups is 1. The van der Waals surface area contributed by atoms with Gasteiger partial charge in [0, 0.05) is 6.54 Å². The first-order valence-corrected chi connectivity index (χ1v) is 11.0. The van der Waals surface area contributed by atoms with Gasteiger partial charge >= 0.3 is 11.9 Å². The van der Waals surface area contributed by atoms with Crippen molar-refractivity contribution in [3.05, 3.63) is 0 Å². The Morgan fingerprint density at radius 1 is 0.886 bits per heavy atom. The third-order valence-corrected chi connectivity index (χ3v) is 4.70. The number of aliphatic hydroxyl groups excluding tert-OH is 1. The van der Waals surface area contributed by atoms with Crippen molar-refractivity contribution in [1.29, 1.82) is 0 Å². The van der Waals surface area contributed by atoms with E-state index in [9.17, 15) is 29.1 Å². The molecule has 0 bridgehead atoms. The summed E-state index contributed by atoms with van der Waals surface area (Å²) in [6, 6.07) is -5.52. The minimum atomic E-state index is -1.72. The highest BCUT2D eigenvalue weighted by Crippen LogP contribution is 2.08. The maximum atomic E-state index is 12.9. The quantitative estimate of drug-likeness (QED) is 0.0574. The van der Waals surface area contributed by atoms with Crippen LogP contribution in [0.5, 0.6) is 0 Å². The van der Waals surface area contributed by atoms with Crippen molar-refractivity contribution in [2.75, 3.05) is 6.54 Å². The van der Waals surface area contributed by atoms with E-state index in [4.69, 9.17) is 27.4 Å².